The Balaban J connectivity index is 1.38. The molecule has 0 unspecified atom stereocenters. The van der Waals surface area contributed by atoms with Crippen molar-refractivity contribution in [1.82, 2.24) is 24.6 Å². The second-order valence-corrected chi connectivity index (χ2v) is 7.28. The summed E-state index contributed by atoms with van der Waals surface area (Å²) in [7, 11) is 0. The Morgan fingerprint density at radius 3 is 2.23 bits per heavy atom. The summed E-state index contributed by atoms with van der Waals surface area (Å²) >= 11 is 0. The number of nitrogen functional groups attached to an aromatic ring is 2. The van der Waals surface area contributed by atoms with Crippen molar-refractivity contribution in [3.8, 4) is 5.69 Å². The SMILES string of the molecule is Nc1nc(N)n(-c2ccc(N3CCC(N4CCCCCC4)CC3)nc2)n1. The van der Waals surface area contributed by atoms with Crippen LogP contribution in [0, 0.1) is 0 Å². The highest BCUT2D eigenvalue weighted by Crippen LogP contribution is 2.24. The van der Waals surface area contributed by atoms with Gasteiger partial charge in [-0.25, -0.2) is 4.98 Å². The molecule has 0 atom stereocenters. The summed E-state index contributed by atoms with van der Waals surface area (Å²) in [6, 6.07) is 4.73. The maximum Gasteiger partial charge on any atom is 0.241 e. The molecule has 0 aromatic carbocycles. The summed E-state index contributed by atoms with van der Waals surface area (Å²) < 4.78 is 1.51. The first-order valence-corrected chi connectivity index (χ1v) is 9.64. The summed E-state index contributed by atoms with van der Waals surface area (Å²) in [5, 5.41) is 4.09. The fraction of sp³-hybridized carbons (Fsp3) is 0.611. The molecular weight excluding hydrogens is 328 g/mol. The van der Waals surface area contributed by atoms with E-state index in [9.17, 15) is 0 Å². The van der Waals surface area contributed by atoms with Crippen LogP contribution < -0.4 is 16.4 Å². The van der Waals surface area contributed by atoms with Gasteiger partial charge in [0.25, 0.3) is 0 Å². The van der Waals surface area contributed by atoms with Gasteiger partial charge in [0.1, 0.15) is 5.82 Å². The van der Waals surface area contributed by atoms with Gasteiger partial charge in [-0.15, -0.1) is 5.10 Å². The summed E-state index contributed by atoms with van der Waals surface area (Å²) in [4.78, 5) is 13.6. The molecule has 2 aromatic heterocycles. The van der Waals surface area contributed by atoms with E-state index in [0.29, 0.717) is 0 Å². The Morgan fingerprint density at radius 1 is 0.923 bits per heavy atom. The van der Waals surface area contributed by atoms with Gasteiger partial charge < -0.3 is 21.3 Å². The Bertz CT molecular complexity index is 709. The summed E-state index contributed by atoms with van der Waals surface area (Å²) in [5.74, 6) is 1.45. The molecule has 8 nitrogen and oxygen atoms in total. The van der Waals surface area contributed by atoms with Crippen molar-refractivity contribution in [2.75, 3.05) is 42.5 Å². The number of likely N-dealkylation sites (tertiary alicyclic amines) is 1. The van der Waals surface area contributed by atoms with E-state index in [1.165, 1.54) is 56.3 Å². The van der Waals surface area contributed by atoms with E-state index < -0.39 is 0 Å². The van der Waals surface area contributed by atoms with E-state index in [1.54, 1.807) is 6.20 Å². The van der Waals surface area contributed by atoms with E-state index in [-0.39, 0.29) is 11.9 Å². The molecule has 2 fully saturated rings. The van der Waals surface area contributed by atoms with Crippen molar-refractivity contribution in [1.29, 1.82) is 0 Å². The van der Waals surface area contributed by atoms with Crippen LogP contribution in [0.1, 0.15) is 38.5 Å². The zero-order valence-electron chi connectivity index (χ0n) is 15.2. The smallest absolute Gasteiger partial charge is 0.241 e. The predicted molar refractivity (Wildman–Crippen MR) is 103 cm³/mol. The lowest BCUT2D eigenvalue weighted by Crippen LogP contribution is -2.45. The molecule has 0 bridgehead atoms. The van der Waals surface area contributed by atoms with Crippen molar-refractivity contribution in [2.45, 2.75) is 44.6 Å². The molecule has 0 saturated carbocycles. The van der Waals surface area contributed by atoms with E-state index in [4.69, 9.17) is 11.5 Å². The Hall–Kier alpha value is -2.35. The molecule has 2 aromatic rings. The molecule has 0 spiro atoms. The highest BCUT2D eigenvalue weighted by molar-refractivity contribution is 5.46. The number of aromatic nitrogens is 4. The van der Waals surface area contributed by atoms with E-state index in [1.807, 2.05) is 12.1 Å². The number of pyridine rings is 1. The largest absolute Gasteiger partial charge is 0.368 e. The second-order valence-electron chi connectivity index (χ2n) is 7.28. The van der Waals surface area contributed by atoms with Gasteiger partial charge in [-0.1, -0.05) is 12.8 Å². The van der Waals surface area contributed by atoms with Crippen LogP contribution in [0.15, 0.2) is 18.3 Å². The highest BCUT2D eigenvalue weighted by atomic mass is 15.4. The van der Waals surface area contributed by atoms with Crippen LogP contribution in [0.3, 0.4) is 0 Å². The molecule has 0 radical (unpaired) electrons. The molecule has 140 valence electrons. The van der Waals surface area contributed by atoms with Gasteiger partial charge in [-0.2, -0.15) is 9.67 Å². The second kappa shape index (κ2) is 7.49. The fourth-order valence-corrected chi connectivity index (χ4v) is 4.14. The van der Waals surface area contributed by atoms with Gasteiger partial charge in [0, 0.05) is 19.1 Å². The molecule has 2 aliphatic rings. The minimum absolute atomic E-state index is 0.169. The number of piperidine rings is 1. The average Bonchev–Trinajstić information content (AvgIpc) is 2.87. The number of rotatable bonds is 3. The first kappa shape index (κ1) is 17.1. The first-order chi connectivity index (χ1) is 12.7. The van der Waals surface area contributed by atoms with Gasteiger partial charge in [0.2, 0.25) is 11.9 Å². The van der Waals surface area contributed by atoms with Crippen molar-refractivity contribution in [3.63, 3.8) is 0 Å². The summed E-state index contributed by atoms with van der Waals surface area (Å²) in [5.41, 5.74) is 12.2. The zero-order chi connectivity index (χ0) is 17.9. The normalized spacial score (nSPS) is 20.2. The molecule has 4 N–H and O–H groups in total. The van der Waals surface area contributed by atoms with Crippen LogP contribution in [-0.2, 0) is 0 Å². The van der Waals surface area contributed by atoms with E-state index in [2.05, 4.69) is 24.9 Å². The van der Waals surface area contributed by atoms with Crippen LogP contribution >= 0.6 is 0 Å². The summed E-state index contributed by atoms with van der Waals surface area (Å²) in [6.45, 7) is 4.68. The molecule has 0 aliphatic carbocycles. The van der Waals surface area contributed by atoms with Crippen LogP contribution in [0.25, 0.3) is 5.69 Å². The average molecular weight is 356 g/mol. The Morgan fingerprint density at radius 2 is 1.65 bits per heavy atom. The van der Waals surface area contributed by atoms with Crippen molar-refractivity contribution >= 4 is 17.7 Å². The molecule has 2 saturated heterocycles. The first-order valence-electron chi connectivity index (χ1n) is 9.64. The van der Waals surface area contributed by atoms with Crippen LogP contribution in [0.2, 0.25) is 0 Å². The summed E-state index contributed by atoms with van der Waals surface area (Å²) in [6.07, 6.45) is 9.73. The minimum atomic E-state index is 0.169. The lowest BCUT2D eigenvalue weighted by atomic mass is 10.0. The maximum absolute atomic E-state index is 5.82. The van der Waals surface area contributed by atoms with Gasteiger partial charge >= 0.3 is 0 Å². The maximum atomic E-state index is 5.82. The van der Waals surface area contributed by atoms with E-state index >= 15 is 0 Å². The van der Waals surface area contributed by atoms with Crippen LogP contribution in [-0.4, -0.2) is 56.9 Å². The Kier molecular flexibility index (Phi) is 4.92. The van der Waals surface area contributed by atoms with E-state index in [0.717, 1.165) is 30.6 Å². The molecule has 4 rings (SSSR count). The third-order valence-electron chi connectivity index (χ3n) is 5.57. The predicted octanol–water partition coefficient (Wildman–Crippen LogP) is 1.67. The molecule has 26 heavy (non-hydrogen) atoms. The zero-order valence-corrected chi connectivity index (χ0v) is 15.2. The lowest BCUT2D eigenvalue weighted by Gasteiger charge is -2.38. The molecular formula is C18H28N8. The van der Waals surface area contributed by atoms with Gasteiger partial charge in [-0.05, 0) is 50.9 Å². The number of hydrogen-bond donors (Lipinski definition) is 2. The van der Waals surface area contributed by atoms with Gasteiger partial charge in [0.05, 0.1) is 11.9 Å². The monoisotopic (exact) mass is 356 g/mol. The molecule has 4 heterocycles. The molecule has 8 heteroatoms. The third kappa shape index (κ3) is 3.60. The number of anilines is 3. The van der Waals surface area contributed by atoms with Crippen molar-refractivity contribution in [3.05, 3.63) is 18.3 Å². The van der Waals surface area contributed by atoms with Crippen molar-refractivity contribution < 1.29 is 0 Å². The van der Waals surface area contributed by atoms with Crippen molar-refractivity contribution in [2.24, 2.45) is 0 Å². The number of nitrogens with two attached hydrogens (primary N) is 2. The quantitative estimate of drug-likeness (QED) is 0.862. The number of hydrogen-bond acceptors (Lipinski definition) is 7. The van der Waals surface area contributed by atoms with Crippen LogP contribution in [0.5, 0.6) is 0 Å². The standard InChI is InChI=1S/C18H28N8/c19-17-22-18(20)26(23-17)15-5-6-16(21-13-15)25-11-7-14(8-12-25)24-9-3-1-2-4-10-24/h5-6,13-14H,1-4,7-12H2,(H4,19,20,22,23). The van der Waals surface area contributed by atoms with Gasteiger partial charge in [-0.3, -0.25) is 0 Å². The van der Waals surface area contributed by atoms with Crippen LogP contribution in [0.4, 0.5) is 17.7 Å². The molecule has 2 aliphatic heterocycles. The fourth-order valence-electron chi connectivity index (χ4n) is 4.14. The van der Waals surface area contributed by atoms with Gasteiger partial charge in [0.15, 0.2) is 0 Å². The third-order valence-corrected chi connectivity index (χ3v) is 5.57. The highest BCUT2D eigenvalue weighted by Gasteiger charge is 2.25. The Labute approximate surface area is 154 Å². The number of nitrogens with zero attached hydrogens (tertiary/aromatic N) is 6. The topological polar surface area (TPSA) is 102 Å². The molecule has 0 amide bonds. The minimum Gasteiger partial charge on any atom is -0.368 e. The lowest BCUT2D eigenvalue weighted by molar-refractivity contribution is 0.175.